The molecule has 34 heavy (non-hydrogen) atoms. The number of hydrogen-bond donors (Lipinski definition) is 2. The fourth-order valence-electron chi connectivity index (χ4n) is 5.71. The number of hydrogen-bond acceptors (Lipinski definition) is 6. The minimum Gasteiger partial charge on any atom is -0.481 e. The summed E-state index contributed by atoms with van der Waals surface area (Å²) in [6.07, 6.45) is 3.75. The van der Waals surface area contributed by atoms with Crippen molar-refractivity contribution >= 4 is 24.1 Å². The van der Waals surface area contributed by atoms with Gasteiger partial charge in [0.15, 0.2) is 0 Å². The Morgan fingerprint density at radius 3 is 1.21 bits per heavy atom. The zero-order chi connectivity index (χ0) is 25.6. The molecule has 4 heterocycles. The van der Waals surface area contributed by atoms with Crippen molar-refractivity contribution < 1.29 is 38.9 Å². The van der Waals surface area contributed by atoms with E-state index in [1.54, 1.807) is 9.80 Å². The number of carbonyl (C=O) groups is 4. The number of rotatable bonds is 2. The molecule has 4 rings (SSSR count). The lowest BCUT2D eigenvalue weighted by molar-refractivity contribution is -0.143. The molecular formula is C24H38N2O8. The molecule has 0 radical (unpaired) electrons. The quantitative estimate of drug-likeness (QED) is 0.608. The van der Waals surface area contributed by atoms with Gasteiger partial charge in [0.1, 0.15) is 11.2 Å². The number of fused-ring (bicyclic) bond motifs is 4. The van der Waals surface area contributed by atoms with Crippen LogP contribution in [0.5, 0.6) is 0 Å². The number of carbonyl (C=O) groups excluding carboxylic acids is 2. The van der Waals surface area contributed by atoms with Crippen molar-refractivity contribution in [3.63, 3.8) is 0 Å². The third kappa shape index (κ3) is 5.58. The summed E-state index contributed by atoms with van der Waals surface area (Å²) in [5, 5.41) is 18.2. The van der Waals surface area contributed by atoms with Gasteiger partial charge in [-0.2, -0.15) is 0 Å². The molecule has 0 aromatic rings. The molecule has 0 unspecified atom stereocenters. The van der Waals surface area contributed by atoms with Crippen LogP contribution in [0.1, 0.15) is 80.1 Å². The molecule has 4 bridgehead atoms. The number of nitrogens with zero attached hydrogens (tertiary/aromatic N) is 2. The van der Waals surface area contributed by atoms with Gasteiger partial charge < -0.3 is 29.5 Å². The lowest BCUT2D eigenvalue weighted by atomic mass is 9.89. The van der Waals surface area contributed by atoms with Gasteiger partial charge in [0.25, 0.3) is 0 Å². The Kier molecular flexibility index (Phi) is 7.11. The summed E-state index contributed by atoms with van der Waals surface area (Å²) in [4.78, 5) is 49.4. The second kappa shape index (κ2) is 9.26. The highest BCUT2D eigenvalue weighted by molar-refractivity contribution is 5.77. The van der Waals surface area contributed by atoms with Crippen molar-refractivity contribution in [2.75, 3.05) is 0 Å². The standard InChI is InChI=1S/2C12H19NO4/c2*1-12(2,3)17-11(16)13-7-4-5-9(13)8(6-7)10(14)15/h2*7-9H,4-6H2,1-3H3,(H,14,15)/t2*7-,8+,9+/m10/s1. The molecule has 0 spiro atoms. The van der Waals surface area contributed by atoms with E-state index in [2.05, 4.69) is 0 Å². The molecule has 0 aromatic heterocycles. The van der Waals surface area contributed by atoms with E-state index in [1.807, 2.05) is 41.5 Å². The van der Waals surface area contributed by atoms with Crippen LogP contribution in [-0.2, 0) is 19.1 Å². The predicted octanol–water partition coefficient (Wildman–Crippen LogP) is 3.72. The molecule has 4 aliphatic heterocycles. The molecule has 4 fully saturated rings. The van der Waals surface area contributed by atoms with E-state index in [0.717, 1.165) is 25.7 Å². The highest BCUT2D eigenvalue weighted by Gasteiger charge is 2.53. The highest BCUT2D eigenvalue weighted by atomic mass is 16.6. The summed E-state index contributed by atoms with van der Waals surface area (Å²) in [7, 11) is 0. The van der Waals surface area contributed by atoms with Crippen LogP contribution in [0, 0.1) is 11.8 Å². The van der Waals surface area contributed by atoms with Gasteiger partial charge in [0.2, 0.25) is 0 Å². The first-order valence-electron chi connectivity index (χ1n) is 12.1. The van der Waals surface area contributed by atoms with Crippen LogP contribution in [0.4, 0.5) is 9.59 Å². The zero-order valence-corrected chi connectivity index (χ0v) is 20.9. The summed E-state index contributed by atoms with van der Waals surface area (Å²) in [5.41, 5.74) is -1.06. The van der Waals surface area contributed by atoms with Crippen LogP contribution >= 0.6 is 0 Å². The maximum Gasteiger partial charge on any atom is 0.410 e. The largest absolute Gasteiger partial charge is 0.481 e. The molecule has 2 N–H and O–H groups in total. The lowest BCUT2D eigenvalue weighted by Gasteiger charge is -2.27. The summed E-state index contributed by atoms with van der Waals surface area (Å²) in [5.74, 6) is -2.43. The fourth-order valence-corrected chi connectivity index (χ4v) is 5.71. The summed E-state index contributed by atoms with van der Waals surface area (Å²) in [6.45, 7) is 10.9. The first-order valence-corrected chi connectivity index (χ1v) is 12.1. The van der Waals surface area contributed by atoms with Crippen LogP contribution in [0.3, 0.4) is 0 Å². The molecule has 0 aromatic carbocycles. The van der Waals surface area contributed by atoms with E-state index >= 15 is 0 Å². The van der Waals surface area contributed by atoms with Crippen LogP contribution < -0.4 is 0 Å². The number of ether oxygens (including phenoxy) is 2. The summed E-state index contributed by atoms with van der Waals surface area (Å²) in [6, 6.07) is -0.244. The molecule has 0 aliphatic carbocycles. The van der Waals surface area contributed by atoms with Crippen LogP contribution in [0.25, 0.3) is 0 Å². The van der Waals surface area contributed by atoms with Crippen LogP contribution in [0.15, 0.2) is 0 Å². The Bertz CT molecular complexity index is 762. The van der Waals surface area contributed by atoms with Gasteiger partial charge in [0.05, 0.1) is 11.8 Å². The topological polar surface area (TPSA) is 134 Å². The second-order valence-electron chi connectivity index (χ2n) is 11.7. The minimum absolute atomic E-state index is 0.0518. The van der Waals surface area contributed by atoms with E-state index in [-0.39, 0.29) is 36.4 Å². The average Bonchev–Trinajstić information content (AvgIpc) is 3.43. The Labute approximate surface area is 200 Å². The summed E-state index contributed by atoms with van der Waals surface area (Å²) < 4.78 is 10.6. The predicted molar refractivity (Wildman–Crippen MR) is 121 cm³/mol. The third-order valence-electron chi connectivity index (χ3n) is 6.92. The normalized spacial score (nSPS) is 31.7. The SMILES string of the molecule is CC(C)(C)OC(=O)N1[C@@H]2CC[C@H]1[C@@H](C(=O)O)C2.CC(C)(C)OC(=O)N1[C@H]2CC[C@@H]1[C@H](C(=O)O)C2. The van der Waals surface area contributed by atoms with Crippen LogP contribution in [0.2, 0.25) is 0 Å². The summed E-state index contributed by atoms with van der Waals surface area (Å²) >= 11 is 0. The molecule has 10 nitrogen and oxygen atoms in total. The van der Waals surface area contributed by atoms with Crippen molar-refractivity contribution in [2.24, 2.45) is 11.8 Å². The molecule has 0 saturated carbocycles. The minimum atomic E-state index is -0.800. The highest BCUT2D eigenvalue weighted by Crippen LogP contribution is 2.43. The van der Waals surface area contributed by atoms with Crippen molar-refractivity contribution in [1.29, 1.82) is 0 Å². The number of carboxylic acid groups (broad SMARTS) is 2. The van der Waals surface area contributed by atoms with Gasteiger partial charge in [-0.25, -0.2) is 9.59 Å². The fraction of sp³-hybridized carbons (Fsp3) is 0.833. The van der Waals surface area contributed by atoms with Gasteiger partial charge in [-0.3, -0.25) is 9.59 Å². The van der Waals surface area contributed by atoms with E-state index in [9.17, 15) is 19.2 Å². The molecule has 4 saturated heterocycles. The van der Waals surface area contributed by atoms with E-state index in [4.69, 9.17) is 19.7 Å². The molecular weight excluding hydrogens is 444 g/mol. The van der Waals surface area contributed by atoms with Crippen molar-refractivity contribution in [2.45, 2.75) is 115 Å². The Morgan fingerprint density at radius 1 is 0.647 bits per heavy atom. The number of amides is 2. The van der Waals surface area contributed by atoms with Crippen LogP contribution in [-0.4, -0.2) is 79.5 Å². The first kappa shape index (κ1) is 26.1. The molecule has 2 amide bonds. The van der Waals surface area contributed by atoms with E-state index in [1.165, 1.54) is 0 Å². The average molecular weight is 483 g/mol. The van der Waals surface area contributed by atoms with Gasteiger partial charge >= 0.3 is 24.1 Å². The molecule has 192 valence electrons. The third-order valence-corrected chi connectivity index (χ3v) is 6.92. The van der Waals surface area contributed by atoms with Crippen molar-refractivity contribution in [3.05, 3.63) is 0 Å². The zero-order valence-electron chi connectivity index (χ0n) is 20.9. The van der Waals surface area contributed by atoms with Gasteiger partial charge in [0, 0.05) is 24.2 Å². The Morgan fingerprint density at radius 2 is 0.971 bits per heavy atom. The Balaban J connectivity index is 0.000000191. The molecule has 10 heteroatoms. The Hall–Kier alpha value is -2.52. The van der Waals surface area contributed by atoms with E-state index < -0.39 is 35.0 Å². The molecule has 6 atom stereocenters. The van der Waals surface area contributed by atoms with Gasteiger partial charge in [-0.05, 0) is 80.1 Å². The maximum atomic E-state index is 12.0. The van der Waals surface area contributed by atoms with Crippen molar-refractivity contribution in [3.8, 4) is 0 Å². The number of aliphatic carboxylic acids is 2. The number of carboxylic acids is 2. The van der Waals surface area contributed by atoms with E-state index in [0.29, 0.717) is 12.8 Å². The second-order valence-corrected chi connectivity index (χ2v) is 11.7. The first-order chi connectivity index (χ1) is 15.6. The van der Waals surface area contributed by atoms with Crippen molar-refractivity contribution in [1.82, 2.24) is 9.80 Å². The lowest BCUT2D eigenvalue weighted by Crippen LogP contribution is -2.41. The maximum absolute atomic E-state index is 12.0. The molecule has 4 aliphatic rings. The monoisotopic (exact) mass is 482 g/mol. The van der Waals surface area contributed by atoms with Gasteiger partial charge in [-0.1, -0.05) is 0 Å². The smallest absolute Gasteiger partial charge is 0.410 e. The van der Waals surface area contributed by atoms with Gasteiger partial charge in [-0.15, -0.1) is 0 Å².